The molecule has 4 nitrogen and oxygen atoms in total. The van der Waals surface area contributed by atoms with Crippen LogP contribution in [-0.4, -0.2) is 11.0 Å². The van der Waals surface area contributed by atoms with Gasteiger partial charge < -0.3 is 5.32 Å². The van der Waals surface area contributed by atoms with Crippen LogP contribution in [0.3, 0.4) is 0 Å². The monoisotopic (exact) mass is 289 g/mol. The van der Waals surface area contributed by atoms with Gasteiger partial charge in [-0.25, -0.2) is 4.39 Å². The summed E-state index contributed by atoms with van der Waals surface area (Å²) in [6, 6.07) is 4.12. The molecule has 1 rings (SSSR count). The van der Waals surface area contributed by atoms with Crippen LogP contribution in [0.4, 0.5) is 10.1 Å². The Morgan fingerprint density at radius 2 is 2.17 bits per heavy atom. The molecule has 3 N–H and O–H groups in total. The molecular weight excluding hydrogens is 277 g/mol. The maximum atomic E-state index is 12.9. The highest BCUT2D eigenvalue weighted by Gasteiger charge is 2.03. The normalized spacial score (nSPS) is 9.72. The second kappa shape index (κ2) is 7.13. The number of nitrogens with one attached hydrogen (secondary N) is 3. The standard InChI is InChI=1S/C11H13ClFN3OS/c1-2-3-10(17)15-16-11(18)14-7-4-5-9(13)8(12)6-7/h4-6H,2-3H2,1H3,(H,15,17)(H2,14,16,18). The zero-order chi connectivity index (χ0) is 13.5. The lowest BCUT2D eigenvalue weighted by Crippen LogP contribution is -2.43. The number of amides is 1. The van der Waals surface area contributed by atoms with Crippen molar-refractivity contribution in [3.63, 3.8) is 0 Å². The van der Waals surface area contributed by atoms with Gasteiger partial charge in [-0.15, -0.1) is 0 Å². The molecular formula is C11H13ClFN3OS. The molecule has 0 radical (unpaired) electrons. The van der Waals surface area contributed by atoms with Gasteiger partial charge in [-0.1, -0.05) is 18.5 Å². The molecule has 0 saturated heterocycles. The Kier molecular flexibility index (Phi) is 5.80. The van der Waals surface area contributed by atoms with Crippen LogP contribution in [-0.2, 0) is 4.79 Å². The van der Waals surface area contributed by atoms with Gasteiger partial charge in [-0.05, 0) is 36.8 Å². The molecule has 0 aliphatic heterocycles. The van der Waals surface area contributed by atoms with E-state index in [4.69, 9.17) is 23.8 Å². The lowest BCUT2D eigenvalue weighted by Gasteiger charge is -2.11. The summed E-state index contributed by atoms with van der Waals surface area (Å²) < 4.78 is 12.9. The van der Waals surface area contributed by atoms with Crippen molar-refractivity contribution in [1.29, 1.82) is 0 Å². The van der Waals surface area contributed by atoms with Crippen molar-refractivity contribution in [3.05, 3.63) is 29.0 Å². The van der Waals surface area contributed by atoms with Crippen LogP contribution in [0.2, 0.25) is 5.02 Å². The first-order valence-electron chi connectivity index (χ1n) is 5.33. The van der Waals surface area contributed by atoms with E-state index in [1.54, 1.807) is 0 Å². The zero-order valence-electron chi connectivity index (χ0n) is 9.72. The van der Waals surface area contributed by atoms with Crippen LogP contribution in [0.15, 0.2) is 18.2 Å². The molecule has 1 amide bonds. The number of hydrogen-bond donors (Lipinski definition) is 3. The molecule has 0 unspecified atom stereocenters. The molecule has 18 heavy (non-hydrogen) atoms. The Morgan fingerprint density at radius 3 is 2.78 bits per heavy atom. The summed E-state index contributed by atoms with van der Waals surface area (Å²) in [6.45, 7) is 1.90. The summed E-state index contributed by atoms with van der Waals surface area (Å²) in [7, 11) is 0. The molecule has 1 aromatic rings. The van der Waals surface area contributed by atoms with Crippen molar-refractivity contribution in [2.24, 2.45) is 0 Å². The molecule has 0 saturated carbocycles. The summed E-state index contributed by atoms with van der Waals surface area (Å²) in [5, 5.41) is 2.96. The fourth-order valence-corrected chi connectivity index (χ4v) is 1.50. The van der Waals surface area contributed by atoms with Gasteiger partial charge in [-0.2, -0.15) is 0 Å². The highest BCUT2D eigenvalue weighted by molar-refractivity contribution is 7.80. The van der Waals surface area contributed by atoms with Gasteiger partial charge in [0.1, 0.15) is 5.82 Å². The number of carbonyl (C=O) groups excluding carboxylic acids is 1. The van der Waals surface area contributed by atoms with E-state index >= 15 is 0 Å². The van der Waals surface area contributed by atoms with Crippen molar-refractivity contribution in [3.8, 4) is 0 Å². The Labute approximate surface area is 115 Å². The van der Waals surface area contributed by atoms with Crippen LogP contribution in [0.5, 0.6) is 0 Å². The topological polar surface area (TPSA) is 53.2 Å². The van der Waals surface area contributed by atoms with E-state index in [1.807, 2.05) is 6.92 Å². The van der Waals surface area contributed by atoms with Gasteiger partial charge >= 0.3 is 0 Å². The number of halogens is 2. The van der Waals surface area contributed by atoms with E-state index in [0.717, 1.165) is 6.42 Å². The number of carbonyl (C=O) groups is 1. The third-order valence-electron chi connectivity index (χ3n) is 1.97. The summed E-state index contributed by atoms with van der Waals surface area (Å²) in [5.41, 5.74) is 5.49. The fraction of sp³-hybridized carbons (Fsp3) is 0.273. The van der Waals surface area contributed by atoms with Gasteiger partial charge in [0.15, 0.2) is 5.11 Å². The largest absolute Gasteiger partial charge is 0.331 e. The van der Waals surface area contributed by atoms with E-state index in [1.165, 1.54) is 18.2 Å². The van der Waals surface area contributed by atoms with Gasteiger partial charge in [-0.3, -0.25) is 15.6 Å². The van der Waals surface area contributed by atoms with Crippen molar-refractivity contribution in [2.75, 3.05) is 5.32 Å². The molecule has 1 aromatic carbocycles. The minimum atomic E-state index is -0.502. The highest BCUT2D eigenvalue weighted by atomic mass is 35.5. The first kappa shape index (κ1) is 14.7. The first-order valence-corrected chi connectivity index (χ1v) is 6.12. The first-order chi connectivity index (χ1) is 8.52. The second-order valence-corrected chi connectivity index (χ2v) is 4.32. The fourth-order valence-electron chi connectivity index (χ4n) is 1.15. The smallest absolute Gasteiger partial charge is 0.238 e. The summed E-state index contributed by atoms with van der Waals surface area (Å²) in [4.78, 5) is 11.2. The molecule has 0 aliphatic carbocycles. The number of hydrazine groups is 1. The second-order valence-electron chi connectivity index (χ2n) is 3.51. The van der Waals surface area contributed by atoms with Crippen LogP contribution in [0, 0.1) is 5.82 Å². The van der Waals surface area contributed by atoms with Crippen molar-refractivity contribution < 1.29 is 9.18 Å². The van der Waals surface area contributed by atoms with Gasteiger partial charge in [0.2, 0.25) is 5.91 Å². The van der Waals surface area contributed by atoms with E-state index in [-0.39, 0.29) is 16.0 Å². The summed E-state index contributed by atoms with van der Waals surface area (Å²) >= 11 is 10.6. The molecule has 0 fully saturated rings. The summed E-state index contributed by atoms with van der Waals surface area (Å²) in [6.07, 6.45) is 1.17. The van der Waals surface area contributed by atoms with Crippen molar-refractivity contribution in [1.82, 2.24) is 10.9 Å². The number of hydrogen-bond acceptors (Lipinski definition) is 2. The molecule has 0 aliphatic rings. The SMILES string of the molecule is CCCC(=O)NNC(=S)Nc1ccc(F)c(Cl)c1. The van der Waals surface area contributed by atoms with Crippen molar-refractivity contribution in [2.45, 2.75) is 19.8 Å². The number of rotatable bonds is 3. The molecule has 0 spiro atoms. The Bertz CT molecular complexity index is 456. The van der Waals surface area contributed by atoms with Gasteiger partial charge in [0.25, 0.3) is 0 Å². The number of benzene rings is 1. The average molecular weight is 290 g/mol. The predicted molar refractivity (Wildman–Crippen MR) is 73.8 cm³/mol. The molecule has 0 heterocycles. The maximum Gasteiger partial charge on any atom is 0.238 e. The number of thiocarbonyl (C=S) groups is 1. The van der Waals surface area contributed by atoms with E-state index in [9.17, 15) is 9.18 Å². The van der Waals surface area contributed by atoms with Gasteiger partial charge in [0.05, 0.1) is 5.02 Å². The van der Waals surface area contributed by atoms with Crippen LogP contribution >= 0.6 is 23.8 Å². The quantitative estimate of drug-likeness (QED) is 0.591. The molecule has 0 bridgehead atoms. The molecule has 98 valence electrons. The molecule has 0 aromatic heterocycles. The van der Waals surface area contributed by atoms with Crippen LogP contribution < -0.4 is 16.2 Å². The van der Waals surface area contributed by atoms with E-state index in [2.05, 4.69) is 16.2 Å². The summed E-state index contributed by atoms with van der Waals surface area (Å²) in [5.74, 6) is -0.656. The Hall–Kier alpha value is -1.40. The molecule has 0 atom stereocenters. The maximum absolute atomic E-state index is 12.9. The minimum Gasteiger partial charge on any atom is -0.331 e. The predicted octanol–water partition coefficient (Wildman–Crippen LogP) is 2.60. The van der Waals surface area contributed by atoms with Gasteiger partial charge in [0, 0.05) is 12.1 Å². The average Bonchev–Trinajstić information content (AvgIpc) is 2.32. The molecule has 7 heteroatoms. The Balaban J connectivity index is 2.44. The third kappa shape index (κ3) is 4.85. The minimum absolute atomic E-state index is 0.00202. The Morgan fingerprint density at radius 1 is 1.44 bits per heavy atom. The lowest BCUT2D eigenvalue weighted by molar-refractivity contribution is -0.121. The third-order valence-corrected chi connectivity index (χ3v) is 2.46. The highest BCUT2D eigenvalue weighted by Crippen LogP contribution is 2.19. The van der Waals surface area contributed by atoms with Crippen molar-refractivity contribution >= 4 is 40.5 Å². The zero-order valence-corrected chi connectivity index (χ0v) is 11.3. The van der Waals surface area contributed by atoms with Crippen LogP contribution in [0.1, 0.15) is 19.8 Å². The lowest BCUT2D eigenvalue weighted by atomic mass is 10.3. The van der Waals surface area contributed by atoms with E-state index in [0.29, 0.717) is 12.1 Å². The number of anilines is 1. The van der Waals surface area contributed by atoms with Crippen LogP contribution in [0.25, 0.3) is 0 Å². The van der Waals surface area contributed by atoms with E-state index < -0.39 is 5.82 Å².